The molecular formula is C27H32N2O5. The number of rotatable bonds is 10. The predicted molar refractivity (Wildman–Crippen MR) is 132 cm³/mol. The van der Waals surface area contributed by atoms with Gasteiger partial charge in [0, 0.05) is 12.1 Å². The molecule has 3 aromatic rings. The van der Waals surface area contributed by atoms with Gasteiger partial charge >= 0.3 is 0 Å². The summed E-state index contributed by atoms with van der Waals surface area (Å²) in [6.45, 7) is 3.69. The molecule has 7 heteroatoms. The van der Waals surface area contributed by atoms with Gasteiger partial charge in [0.25, 0.3) is 0 Å². The average Bonchev–Trinajstić information content (AvgIpc) is 2.84. The van der Waals surface area contributed by atoms with Crippen LogP contribution in [0.25, 0.3) is 10.8 Å². The number of aliphatic hydroxyl groups excluding tert-OH is 1. The zero-order chi connectivity index (χ0) is 24.7. The van der Waals surface area contributed by atoms with E-state index >= 15 is 0 Å². The number of hydrogen-bond acceptors (Lipinski definition) is 5. The van der Waals surface area contributed by atoms with Gasteiger partial charge in [-0.15, -0.1) is 0 Å². The van der Waals surface area contributed by atoms with Crippen molar-refractivity contribution in [1.29, 1.82) is 0 Å². The fraction of sp³-hybridized carbons (Fsp3) is 0.333. The molecule has 0 aliphatic rings. The maximum absolute atomic E-state index is 12.9. The molecule has 7 nitrogen and oxygen atoms in total. The molecule has 0 aliphatic carbocycles. The lowest BCUT2D eigenvalue weighted by molar-refractivity contribution is -0.130. The highest BCUT2D eigenvalue weighted by Gasteiger charge is 2.25. The molecular weight excluding hydrogens is 432 g/mol. The second kappa shape index (κ2) is 11.5. The Morgan fingerprint density at radius 2 is 1.68 bits per heavy atom. The number of benzene rings is 3. The Bertz CT molecular complexity index is 1140. The molecule has 0 saturated carbocycles. The quantitative estimate of drug-likeness (QED) is 0.427. The first kappa shape index (κ1) is 25.1. The zero-order valence-corrected chi connectivity index (χ0v) is 20.0. The predicted octanol–water partition coefficient (Wildman–Crippen LogP) is 3.39. The third-order valence-electron chi connectivity index (χ3n) is 5.71. The first-order valence-corrected chi connectivity index (χ1v) is 11.3. The van der Waals surface area contributed by atoms with E-state index in [9.17, 15) is 14.7 Å². The number of fused-ring (bicyclic) bond motifs is 1. The molecule has 0 aliphatic heterocycles. The van der Waals surface area contributed by atoms with Crippen LogP contribution in [0.2, 0.25) is 0 Å². The van der Waals surface area contributed by atoms with Gasteiger partial charge in [-0.1, -0.05) is 56.3 Å². The van der Waals surface area contributed by atoms with Crippen molar-refractivity contribution in [2.24, 2.45) is 5.92 Å². The van der Waals surface area contributed by atoms with Gasteiger partial charge in [-0.05, 0) is 40.5 Å². The van der Waals surface area contributed by atoms with Crippen molar-refractivity contribution in [2.75, 3.05) is 20.8 Å². The highest BCUT2D eigenvalue weighted by Crippen LogP contribution is 2.29. The normalized spacial score (nSPS) is 12.8. The van der Waals surface area contributed by atoms with Gasteiger partial charge in [0.05, 0.1) is 26.7 Å². The summed E-state index contributed by atoms with van der Waals surface area (Å²) in [5.74, 6) is 0.333. The van der Waals surface area contributed by atoms with Gasteiger partial charge in [-0.25, -0.2) is 0 Å². The monoisotopic (exact) mass is 464 g/mol. The number of methoxy groups -OCH3 is 2. The molecule has 0 radical (unpaired) electrons. The van der Waals surface area contributed by atoms with Crippen molar-refractivity contribution in [3.8, 4) is 11.5 Å². The molecule has 180 valence electrons. The van der Waals surface area contributed by atoms with E-state index in [0.29, 0.717) is 17.1 Å². The van der Waals surface area contributed by atoms with E-state index in [-0.39, 0.29) is 30.7 Å². The summed E-state index contributed by atoms with van der Waals surface area (Å²) in [4.78, 5) is 25.6. The van der Waals surface area contributed by atoms with Crippen molar-refractivity contribution >= 4 is 22.6 Å². The van der Waals surface area contributed by atoms with Crippen molar-refractivity contribution in [3.05, 3.63) is 71.8 Å². The maximum Gasteiger partial charge on any atom is 0.242 e. The second-order valence-electron chi connectivity index (χ2n) is 8.52. The van der Waals surface area contributed by atoms with E-state index in [1.165, 1.54) is 14.2 Å². The fourth-order valence-corrected chi connectivity index (χ4v) is 3.81. The van der Waals surface area contributed by atoms with E-state index in [4.69, 9.17) is 9.47 Å². The van der Waals surface area contributed by atoms with Gasteiger partial charge in [0.2, 0.25) is 11.8 Å². The van der Waals surface area contributed by atoms with Crippen LogP contribution in [0.1, 0.15) is 31.1 Å². The molecule has 3 rings (SSSR count). The molecule has 0 bridgehead atoms. The SMILES string of the molecule is COc1ccc(OC)c(C(O)CNC(=O)C(NC(=O)Cc2ccc3ccccc3c2)C(C)C)c1. The Morgan fingerprint density at radius 3 is 2.35 bits per heavy atom. The largest absolute Gasteiger partial charge is 0.497 e. The Labute approximate surface area is 200 Å². The van der Waals surface area contributed by atoms with Crippen LogP contribution in [-0.4, -0.2) is 43.7 Å². The molecule has 34 heavy (non-hydrogen) atoms. The van der Waals surface area contributed by atoms with Crippen molar-refractivity contribution < 1.29 is 24.2 Å². The Kier molecular flexibility index (Phi) is 8.49. The number of ether oxygens (including phenoxy) is 2. The molecule has 3 aromatic carbocycles. The molecule has 0 heterocycles. The summed E-state index contributed by atoms with van der Waals surface area (Å²) in [5, 5.41) is 18.4. The van der Waals surface area contributed by atoms with Gasteiger partial charge in [-0.3, -0.25) is 9.59 Å². The van der Waals surface area contributed by atoms with Crippen LogP contribution in [0, 0.1) is 5.92 Å². The van der Waals surface area contributed by atoms with E-state index in [0.717, 1.165) is 16.3 Å². The first-order chi connectivity index (χ1) is 16.3. The zero-order valence-electron chi connectivity index (χ0n) is 20.0. The summed E-state index contributed by atoms with van der Waals surface area (Å²) < 4.78 is 10.5. The van der Waals surface area contributed by atoms with Crippen LogP contribution in [0.4, 0.5) is 0 Å². The van der Waals surface area contributed by atoms with Crippen LogP contribution in [-0.2, 0) is 16.0 Å². The number of aliphatic hydroxyl groups is 1. The lowest BCUT2D eigenvalue weighted by atomic mass is 10.0. The minimum atomic E-state index is -1.00. The summed E-state index contributed by atoms with van der Waals surface area (Å²) in [6, 6.07) is 18.2. The minimum absolute atomic E-state index is 0.0356. The third-order valence-corrected chi connectivity index (χ3v) is 5.71. The van der Waals surface area contributed by atoms with E-state index in [1.807, 2.05) is 56.3 Å². The summed E-state index contributed by atoms with van der Waals surface area (Å²) in [6.07, 6.45) is -0.833. The second-order valence-corrected chi connectivity index (χ2v) is 8.52. The number of nitrogens with one attached hydrogen (secondary N) is 2. The number of carbonyl (C=O) groups is 2. The lowest BCUT2D eigenvalue weighted by Gasteiger charge is -2.23. The van der Waals surface area contributed by atoms with E-state index in [2.05, 4.69) is 10.6 Å². The van der Waals surface area contributed by atoms with E-state index < -0.39 is 12.1 Å². The molecule has 0 saturated heterocycles. The first-order valence-electron chi connectivity index (χ1n) is 11.3. The number of amides is 2. The lowest BCUT2D eigenvalue weighted by Crippen LogP contribution is -2.50. The molecule has 0 fully saturated rings. The van der Waals surface area contributed by atoms with E-state index in [1.54, 1.807) is 18.2 Å². The highest BCUT2D eigenvalue weighted by molar-refractivity contribution is 5.89. The van der Waals surface area contributed by atoms with Crippen molar-refractivity contribution in [1.82, 2.24) is 10.6 Å². The minimum Gasteiger partial charge on any atom is -0.497 e. The smallest absolute Gasteiger partial charge is 0.242 e. The molecule has 2 amide bonds. The van der Waals surface area contributed by atoms with Crippen LogP contribution in [0.15, 0.2) is 60.7 Å². The molecule has 2 unspecified atom stereocenters. The summed E-state index contributed by atoms with van der Waals surface area (Å²) in [5.41, 5.74) is 1.38. The molecule has 3 N–H and O–H groups in total. The Hall–Kier alpha value is -3.58. The van der Waals surface area contributed by atoms with Gasteiger partial charge in [0.1, 0.15) is 17.5 Å². The van der Waals surface area contributed by atoms with Gasteiger partial charge < -0.3 is 25.2 Å². The van der Waals surface area contributed by atoms with Gasteiger partial charge in [-0.2, -0.15) is 0 Å². The standard InChI is InChI=1S/C27H32N2O5/c1-17(2)26(29-25(31)14-18-9-10-19-7-5-6-8-20(19)13-18)27(32)28-16-23(30)22-15-21(33-3)11-12-24(22)34-4/h5-13,15,17,23,26,30H,14,16H2,1-4H3,(H,28,32)(H,29,31). The van der Waals surface area contributed by atoms with Crippen molar-refractivity contribution in [3.63, 3.8) is 0 Å². The van der Waals surface area contributed by atoms with Crippen LogP contribution < -0.4 is 20.1 Å². The average molecular weight is 465 g/mol. The summed E-state index contributed by atoms with van der Waals surface area (Å²) in [7, 11) is 3.05. The highest BCUT2D eigenvalue weighted by atomic mass is 16.5. The van der Waals surface area contributed by atoms with Crippen LogP contribution >= 0.6 is 0 Å². The molecule has 2 atom stereocenters. The molecule has 0 spiro atoms. The Morgan fingerprint density at radius 1 is 0.941 bits per heavy atom. The fourth-order valence-electron chi connectivity index (χ4n) is 3.81. The van der Waals surface area contributed by atoms with Crippen molar-refractivity contribution in [2.45, 2.75) is 32.4 Å². The topological polar surface area (TPSA) is 96.9 Å². The van der Waals surface area contributed by atoms with Gasteiger partial charge in [0.15, 0.2) is 0 Å². The maximum atomic E-state index is 12.9. The Balaban J connectivity index is 1.61. The molecule has 0 aromatic heterocycles. The van der Waals surface area contributed by atoms with Crippen LogP contribution in [0.3, 0.4) is 0 Å². The summed E-state index contributed by atoms with van der Waals surface area (Å²) >= 11 is 0. The number of hydrogen-bond donors (Lipinski definition) is 3. The number of carbonyl (C=O) groups excluding carboxylic acids is 2. The van der Waals surface area contributed by atoms with Crippen LogP contribution in [0.5, 0.6) is 11.5 Å². The third kappa shape index (κ3) is 6.26.